The van der Waals surface area contributed by atoms with Crippen molar-refractivity contribution in [1.82, 2.24) is 0 Å². The minimum atomic E-state index is 1.20. The Hall–Kier alpha value is -2.08. The SMILES string of the molecule is C=CC=CC=CC=CC=CC=CC=CC=CCCCCCCCCCCC. The molecule has 0 saturated carbocycles. The number of rotatable bonds is 17. The minimum Gasteiger partial charge on any atom is -0.0991 e. The lowest BCUT2D eigenvalue weighted by Gasteiger charge is -2.00. The van der Waals surface area contributed by atoms with E-state index in [0.717, 1.165) is 0 Å². The van der Waals surface area contributed by atoms with E-state index in [0.29, 0.717) is 0 Å². The van der Waals surface area contributed by atoms with E-state index in [1.54, 1.807) is 6.08 Å². The molecule has 0 heterocycles. The average molecular weight is 365 g/mol. The second-order valence-electron chi connectivity index (χ2n) is 6.59. The average Bonchev–Trinajstić information content (AvgIpc) is 2.68. The summed E-state index contributed by atoms with van der Waals surface area (Å²) in [6.07, 6.45) is 44.1. The Labute approximate surface area is 169 Å². The van der Waals surface area contributed by atoms with Crippen molar-refractivity contribution in [2.75, 3.05) is 0 Å². The first kappa shape index (κ1) is 24.9. The van der Waals surface area contributed by atoms with Crippen molar-refractivity contribution in [3.8, 4) is 0 Å². The maximum atomic E-state index is 3.62. The monoisotopic (exact) mass is 364 g/mol. The van der Waals surface area contributed by atoms with Crippen molar-refractivity contribution in [1.29, 1.82) is 0 Å². The molecule has 0 saturated heterocycles. The van der Waals surface area contributed by atoms with E-state index in [4.69, 9.17) is 0 Å². The largest absolute Gasteiger partial charge is 0.0991 e. The second kappa shape index (κ2) is 23.9. The Morgan fingerprint density at radius 3 is 1.26 bits per heavy atom. The molecule has 0 radical (unpaired) electrons. The molecular formula is C27H40. The molecule has 0 aliphatic carbocycles. The summed E-state index contributed by atoms with van der Waals surface area (Å²) in [6, 6.07) is 0. The lowest BCUT2D eigenvalue weighted by Crippen LogP contribution is -1.80. The molecule has 0 amide bonds. The van der Waals surface area contributed by atoms with Crippen LogP contribution in [0.4, 0.5) is 0 Å². The van der Waals surface area contributed by atoms with Gasteiger partial charge in [0.15, 0.2) is 0 Å². The van der Waals surface area contributed by atoms with Crippen LogP contribution in [0.15, 0.2) is 97.7 Å². The number of hydrogen-bond acceptors (Lipinski definition) is 0. The van der Waals surface area contributed by atoms with Gasteiger partial charge in [0, 0.05) is 0 Å². The van der Waals surface area contributed by atoms with Crippen LogP contribution in [0, 0.1) is 0 Å². The quantitative estimate of drug-likeness (QED) is 0.178. The zero-order chi connectivity index (χ0) is 19.7. The number of unbranched alkanes of at least 4 members (excludes halogenated alkanes) is 9. The van der Waals surface area contributed by atoms with Gasteiger partial charge in [0.2, 0.25) is 0 Å². The Bertz CT molecular complexity index is 506. The first-order chi connectivity index (χ1) is 13.4. The molecule has 0 aliphatic rings. The Morgan fingerprint density at radius 1 is 0.444 bits per heavy atom. The first-order valence-electron chi connectivity index (χ1n) is 10.7. The molecule has 0 fully saturated rings. The topological polar surface area (TPSA) is 0 Å². The lowest BCUT2D eigenvalue weighted by molar-refractivity contribution is 0.566. The molecule has 0 rings (SSSR count). The van der Waals surface area contributed by atoms with Crippen LogP contribution >= 0.6 is 0 Å². The van der Waals surface area contributed by atoms with Gasteiger partial charge in [0.25, 0.3) is 0 Å². The van der Waals surface area contributed by atoms with Gasteiger partial charge >= 0.3 is 0 Å². The van der Waals surface area contributed by atoms with Gasteiger partial charge in [0.1, 0.15) is 0 Å². The molecule has 0 bridgehead atoms. The van der Waals surface area contributed by atoms with Crippen LogP contribution in [0.1, 0.15) is 71.1 Å². The van der Waals surface area contributed by atoms with Crippen LogP contribution in [0.3, 0.4) is 0 Å². The van der Waals surface area contributed by atoms with Crippen LogP contribution in [0.2, 0.25) is 0 Å². The summed E-state index contributed by atoms with van der Waals surface area (Å²) in [5, 5.41) is 0. The first-order valence-corrected chi connectivity index (χ1v) is 10.7. The number of hydrogen-bond donors (Lipinski definition) is 0. The summed E-state index contributed by atoms with van der Waals surface area (Å²) in [4.78, 5) is 0. The van der Waals surface area contributed by atoms with Crippen LogP contribution in [0.5, 0.6) is 0 Å². The fraction of sp³-hybridized carbons (Fsp3) is 0.407. The van der Waals surface area contributed by atoms with E-state index in [2.05, 4.69) is 43.9 Å². The van der Waals surface area contributed by atoms with Crippen LogP contribution < -0.4 is 0 Å². The van der Waals surface area contributed by atoms with Crippen LogP contribution in [-0.2, 0) is 0 Å². The van der Waals surface area contributed by atoms with Crippen molar-refractivity contribution in [2.45, 2.75) is 71.1 Å². The van der Waals surface area contributed by atoms with E-state index in [9.17, 15) is 0 Å². The third-order valence-corrected chi connectivity index (χ3v) is 4.08. The van der Waals surface area contributed by atoms with Gasteiger partial charge in [-0.2, -0.15) is 0 Å². The Balaban J connectivity index is 3.53. The van der Waals surface area contributed by atoms with Gasteiger partial charge in [-0.1, -0.05) is 156 Å². The second-order valence-corrected chi connectivity index (χ2v) is 6.59. The molecule has 0 aromatic heterocycles. The van der Waals surface area contributed by atoms with E-state index in [1.165, 1.54) is 64.2 Å². The van der Waals surface area contributed by atoms with Gasteiger partial charge in [-0.3, -0.25) is 0 Å². The van der Waals surface area contributed by atoms with Crippen molar-refractivity contribution in [2.24, 2.45) is 0 Å². The van der Waals surface area contributed by atoms with Gasteiger partial charge < -0.3 is 0 Å². The maximum Gasteiger partial charge on any atom is -0.0348 e. The standard InChI is InChI=1S/C27H40/c1-3-5-7-9-11-13-15-17-19-21-23-25-27-26-24-22-20-18-16-14-12-10-8-6-4-2/h3,5,7,9,11,13,15,17,19,21,23-27H,1,4,6,8,10,12,14,16,18,20,22H2,2H3. The molecule has 0 unspecified atom stereocenters. The molecule has 0 heteroatoms. The molecule has 0 atom stereocenters. The van der Waals surface area contributed by atoms with Crippen molar-refractivity contribution in [3.05, 3.63) is 97.7 Å². The zero-order valence-corrected chi connectivity index (χ0v) is 17.4. The molecule has 148 valence electrons. The summed E-state index contributed by atoms with van der Waals surface area (Å²) in [6.45, 7) is 5.90. The Morgan fingerprint density at radius 2 is 0.815 bits per heavy atom. The van der Waals surface area contributed by atoms with Crippen LogP contribution in [0.25, 0.3) is 0 Å². The highest BCUT2D eigenvalue weighted by Crippen LogP contribution is 2.10. The highest BCUT2D eigenvalue weighted by atomic mass is 14.0. The summed E-state index contributed by atoms with van der Waals surface area (Å²) in [5.41, 5.74) is 0. The third-order valence-electron chi connectivity index (χ3n) is 4.08. The normalized spacial score (nSPS) is 13.2. The molecule has 0 nitrogen and oxygen atoms in total. The summed E-state index contributed by atoms with van der Waals surface area (Å²) in [5.74, 6) is 0. The van der Waals surface area contributed by atoms with E-state index in [-0.39, 0.29) is 0 Å². The molecule has 27 heavy (non-hydrogen) atoms. The fourth-order valence-electron chi connectivity index (χ4n) is 2.53. The summed E-state index contributed by atoms with van der Waals surface area (Å²) < 4.78 is 0. The molecule has 0 aromatic carbocycles. The summed E-state index contributed by atoms with van der Waals surface area (Å²) in [7, 11) is 0. The Kier molecular flexibility index (Phi) is 22.1. The van der Waals surface area contributed by atoms with Gasteiger partial charge in [-0.05, 0) is 12.8 Å². The molecule has 0 N–H and O–H groups in total. The maximum absolute atomic E-state index is 3.62. The smallest absolute Gasteiger partial charge is 0.0348 e. The predicted molar refractivity (Wildman–Crippen MR) is 126 cm³/mol. The third kappa shape index (κ3) is 23.9. The van der Waals surface area contributed by atoms with Gasteiger partial charge in [-0.15, -0.1) is 0 Å². The van der Waals surface area contributed by atoms with Crippen molar-refractivity contribution < 1.29 is 0 Å². The molecule has 0 aromatic rings. The molecular weight excluding hydrogens is 324 g/mol. The van der Waals surface area contributed by atoms with Gasteiger partial charge in [-0.25, -0.2) is 0 Å². The lowest BCUT2D eigenvalue weighted by atomic mass is 10.1. The molecule has 0 spiro atoms. The highest BCUT2D eigenvalue weighted by molar-refractivity contribution is 5.21. The van der Waals surface area contributed by atoms with E-state index in [1.807, 2.05) is 54.7 Å². The van der Waals surface area contributed by atoms with Crippen molar-refractivity contribution in [3.63, 3.8) is 0 Å². The fourth-order valence-corrected chi connectivity index (χ4v) is 2.53. The van der Waals surface area contributed by atoms with Gasteiger partial charge in [0.05, 0.1) is 0 Å². The van der Waals surface area contributed by atoms with E-state index < -0.39 is 0 Å². The van der Waals surface area contributed by atoms with E-state index >= 15 is 0 Å². The zero-order valence-electron chi connectivity index (χ0n) is 17.4. The minimum absolute atomic E-state index is 1.20. The van der Waals surface area contributed by atoms with Crippen molar-refractivity contribution >= 4 is 0 Å². The molecule has 0 aliphatic heterocycles. The summed E-state index contributed by atoms with van der Waals surface area (Å²) >= 11 is 0. The highest BCUT2D eigenvalue weighted by Gasteiger charge is 1.90. The van der Waals surface area contributed by atoms with Crippen LogP contribution in [-0.4, -0.2) is 0 Å². The predicted octanol–water partition coefficient (Wildman–Crippen LogP) is 8.99. The number of allylic oxidation sites excluding steroid dienone is 15.